The maximum atomic E-state index is 12.0. The van der Waals surface area contributed by atoms with Gasteiger partial charge in [-0.2, -0.15) is 26.3 Å². The Morgan fingerprint density at radius 1 is 0.824 bits per heavy atom. The minimum absolute atomic E-state index is 0. The van der Waals surface area contributed by atoms with E-state index in [9.17, 15) is 26.3 Å². The van der Waals surface area contributed by atoms with Crippen LogP contribution in [0, 0.1) is 0 Å². The van der Waals surface area contributed by atoms with Gasteiger partial charge in [-0.3, -0.25) is 0 Å². The zero-order valence-electron chi connectivity index (χ0n) is 7.89. The molecule has 0 heterocycles. The molecule has 0 aromatic rings. The van der Waals surface area contributed by atoms with Crippen molar-refractivity contribution in [1.82, 2.24) is 0 Å². The maximum absolute atomic E-state index is 12.0. The van der Waals surface area contributed by atoms with Crippen molar-refractivity contribution < 1.29 is 36.4 Å². The van der Waals surface area contributed by atoms with Gasteiger partial charge in [0.25, 0.3) is 0 Å². The van der Waals surface area contributed by atoms with Crippen molar-refractivity contribution in [1.29, 1.82) is 0 Å². The lowest BCUT2D eigenvalue weighted by Crippen LogP contribution is -2.21. The second-order valence-electron chi connectivity index (χ2n) is 3.06. The molecular formula is C8H4BF6O2. The summed E-state index contributed by atoms with van der Waals surface area (Å²) in [7, 11) is 0. The molecule has 2 rings (SSSR count). The molecule has 0 saturated heterocycles. The van der Waals surface area contributed by atoms with Crippen molar-refractivity contribution in [2.45, 2.75) is 12.4 Å². The van der Waals surface area contributed by atoms with E-state index in [1.54, 1.807) is 0 Å². The molecule has 1 radical (unpaired) electrons. The van der Waals surface area contributed by atoms with Gasteiger partial charge in [0, 0.05) is 5.56 Å². The molecule has 9 heteroatoms. The lowest BCUT2D eigenvalue weighted by atomic mass is 9.80. The molecule has 17 heavy (non-hydrogen) atoms. The Morgan fingerprint density at radius 2 is 1.12 bits per heavy atom. The Bertz CT molecular complexity index is 390. The maximum Gasteiger partial charge on any atom is 0.482 e. The predicted molar refractivity (Wildman–Crippen MR) is 45.6 cm³/mol. The first-order valence-corrected chi connectivity index (χ1v) is 4.05. The fourth-order valence-corrected chi connectivity index (χ4v) is 1.39. The molecular weight excluding hydrogens is 253 g/mol. The average molecular weight is 257 g/mol. The molecule has 0 aliphatic heterocycles. The highest BCUT2D eigenvalue weighted by Crippen LogP contribution is 2.53. The number of alkyl halides is 6. The molecule has 0 atom stereocenters. The minimum atomic E-state index is -4.69. The molecule has 2 nitrogen and oxygen atoms in total. The smallest absolute Gasteiger partial charge is 0.429 e. The summed E-state index contributed by atoms with van der Waals surface area (Å²) in [6.07, 6.45) is -9.38. The molecule has 0 unspecified atom stereocenters. The largest absolute Gasteiger partial charge is 0.482 e. The van der Waals surface area contributed by atoms with Gasteiger partial charge in [-0.25, -0.2) is 0 Å². The van der Waals surface area contributed by atoms with Crippen LogP contribution < -0.4 is 0 Å². The first-order valence-electron chi connectivity index (χ1n) is 4.05. The highest BCUT2D eigenvalue weighted by Gasteiger charge is 2.47. The first-order chi connectivity index (χ1) is 7.62. The predicted octanol–water partition coefficient (Wildman–Crippen LogP) is 2.21. The molecule has 93 valence electrons. The van der Waals surface area contributed by atoms with Crippen molar-refractivity contribution >= 4 is 7.69 Å². The standard InChI is InChI=1S/C8H2F6.BH2O2/c9-7(10,11)4-1-3-2-5(6(3)4)8(12,13)14;2-1-3/h1-2H;2-3H. The van der Waals surface area contributed by atoms with Gasteiger partial charge in [0.15, 0.2) is 0 Å². The Kier molecular flexibility index (Phi) is 3.44. The number of fused-ring (bicyclic) bond motifs is 1. The summed E-state index contributed by atoms with van der Waals surface area (Å²) in [4.78, 5) is 0. The molecule has 0 aromatic heterocycles. The Balaban J connectivity index is 0.000000437. The van der Waals surface area contributed by atoms with Gasteiger partial charge in [0.05, 0.1) is 11.1 Å². The monoisotopic (exact) mass is 257 g/mol. The molecule has 0 amide bonds. The number of rotatable bonds is 0. The van der Waals surface area contributed by atoms with E-state index in [1.807, 2.05) is 0 Å². The van der Waals surface area contributed by atoms with Gasteiger partial charge in [-0.15, -0.1) is 0 Å². The molecule has 0 fully saturated rings. The van der Waals surface area contributed by atoms with Gasteiger partial charge in [0.1, 0.15) is 0 Å². The van der Waals surface area contributed by atoms with E-state index in [1.165, 1.54) is 0 Å². The van der Waals surface area contributed by atoms with Crippen LogP contribution in [0.5, 0.6) is 0 Å². The Hall–Kier alpha value is -1.22. The summed E-state index contributed by atoms with van der Waals surface area (Å²) in [5.74, 6) is 0. The lowest BCUT2D eigenvalue weighted by molar-refractivity contribution is -0.143. The van der Waals surface area contributed by atoms with Crippen LogP contribution in [0.3, 0.4) is 0 Å². The van der Waals surface area contributed by atoms with Gasteiger partial charge in [-0.1, -0.05) is 0 Å². The third kappa shape index (κ3) is 2.55. The molecule has 0 aromatic carbocycles. The summed E-state index contributed by atoms with van der Waals surface area (Å²) < 4.78 is 72.1. The summed E-state index contributed by atoms with van der Waals surface area (Å²) in [6, 6.07) is 1.43. The molecule has 2 aliphatic carbocycles. The highest BCUT2D eigenvalue weighted by molar-refractivity contribution is 6.13. The molecule has 0 saturated carbocycles. The van der Waals surface area contributed by atoms with Crippen molar-refractivity contribution in [3.05, 3.63) is 23.3 Å². The van der Waals surface area contributed by atoms with E-state index in [4.69, 9.17) is 10.0 Å². The first kappa shape index (κ1) is 13.8. The number of hydrogen-bond acceptors (Lipinski definition) is 2. The fourth-order valence-electron chi connectivity index (χ4n) is 1.39. The van der Waals surface area contributed by atoms with Crippen LogP contribution in [0.15, 0.2) is 12.1 Å². The van der Waals surface area contributed by atoms with Crippen LogP contribution in [-0.2, 0) is 12.4 Å². The van der Waals surface area contributed by atoms with E-state index >= 15 is 0 Å². The molecule has 2 N–H and O–H groups in total. The topological polar surface area (TPSA) is 40.5 Å². The second kappa shape index (κ2) is 4.23. The zero-order chi connectivity index (χ0) is 13.4. The van der Waals surface area contributed by atoms with Gasteiger partial charge in [0.2, 0.25) is 0 Å². The number of benzene rings is 1. The fraction of sp³-hybridized carbons (Fsp3) is 0.250. The molecule has 0 bridgehead atoms. The summed E-state index contributed by atoms with van der Waals surface area (Å²) in [6.45, 7) is 0. The van der Waals surface area contributed by atoms with Crippen molar-refractivity contribution in [3.63, 3.8) is 0 Å². The van der Waals surface area contributed by atoms with E-state index in [-0.39, 0.29) is 13.2 Å². The quantitative estimate of drug-likeness (QED) is 0.561. The Morgan fingerprint density at radius 3 is 1.29 bits per heavy atom. The van der Waals surface area contributed by atoms with Crippen LogP contribution >= 0.6 is 0 Å². The van der Waals surface area contributed by atoms with Crippen LogP contribution in [0.2, 0.25) is 0 Å². The number of halogens is 6. The van der Waals surface area contributed by atoms with E-state index in [0.29, 0.717) is 12.1 Å². The molecule has 0 spiro atoms. The highest BCUT2D eigenvalue weighted by atomic mass is 19.4. The van der Waals surface area contributed by atoms with Gasteiger partial charge in [-0.05, 0) is 17.7 Å². The van der Waals surface area contributed by atoms with Crippen LogP contribution in [0.1, 0.15) is 11.1 Å². The number of hydrogen-bond donors (Lipinski definition) is 2. The average Bonchev–Trinajstić information content (AvgIpc) is 2.06. The summed E-state index contributed by atoms with van der Waals surface area (Å²) in [5, 5.41) is 14.0. The summed E-state index contributed by atoms with van der Waals surface area (Å²) >= 11 is 0. The zero-order valence-corrected chi connectivity index (χ0v) is 7.89. The SMILES string of the molecule is FC(F)(F)c1cc2cc(C(F)(F)F)c1-2.O[B]O. The third-order valence-electron chi connectivity index (χ3n) is 2.04. The van der Waals surface area contributed by atoms with Crippen LogP contribution in [0.4, 0.5) is 26.3 Å². The normalized spacial score (nSPS) is 12.7. The molecule has 2 aliphatic rings. The lowest BCUT2D eigenvalue weighted by Gasteiger charge is -2.28. The Labute approximate surface area is 91.8 Å². The minimum Gasteiger partial charge on any atom is -0.429 e. The van der Waals surface area contributed by atoms with Crippen molar-refractivity contribution in [3.8, 4) is 11.1 Å². The third-order valence-corrected chi connectivity index (χ3v) is 2.04. The van der Waals surface area contributed by atoms with Gasteiger partial charge >= 0.3 is 20.0 Å². The van der Waals surface area contributed by atoms with Crippen LogP contribution in [-0.4, -0.2) is 17.7 Å². The second-order valence-corrected chi connectivity index (χ2v) is 3.06. The van der Waals surface area contributed by atoms with E-state index < -0.39 is 29.0 Å². The van der Waals surface area contributed by atoms with Crippen molar-refractivity contribution in [2.75, 3.05) is 0 Å². The van der Waals surface area contributed by atoms with Crippen molar-refractivity contribution in [2.24, 2.45) is 0 Å². The summed E-state index contributed by atoms with van der Waals surface area (Å²) in [5.41, 5.74) is -3.01. The van der Waals surface area contributed by atoms with E-state index in [2.05, 4.69) is 0 Å². The van der Waals surface area contributed by atoms with Crippen LogP contribution in [0.25, 0.3) is 11.1 Å². The van der Waals surface area contributed by atoms with Gasteiger partial charge < -0.3 is 10.0 Å². The van der Waals surface area contributed by atoms with E-state index in [0.717, 1.165) is 0 Å².